The first-order chi connectivity index (χ1) is 27.4. The van der Waals surface area contributed by atoms with Crippen molar-refractivity contribution in [1.82, 2.24) is 0 Å². The third-order valence-corrected chi connectivity index (χ3v) is 16.2. The Morgan fingerprint density at radius 1 is 0.741 bits per heavy atom. The monoisotopic (exact) mass is 822 g/mol. The van der Waals surface area contributed by atoms with Gasteiger partial charge in [-0.2, -0.15) is 0 Å². The fourth-order valence-electron chi connectivity index (χ4n) is 13.1. The highest BCUT2D eigenvalue weighted by atomic mass is 16.7. The first-order valence-electron chi connectivity index (χ1n) is 21.8. The van der Waals surface area contributed by atoms with E-state index in [9.17, 15) is 35.1 Å². The zero-order valence-electron chi connectivity index (χ0n) is 34.8. The maximum absolute atomic E-state index is 12.8. The van der Waals surface area contributed by atoms with E-state index < -0.39 is 90.9 Å². The molecule has 5 N–H and O–H groups in total. The summed E-state index contributed by atoms with van der Waals surface area (Å²) in [6.45, 7) is 11.3. The number of aliphatic hydroxyl groups is 5. The predicted molar refractivity (Wildman–Crippen MR) is 202 cm³/mol. The molecular formula is C43H66O15. The third-order valence-electron chi connectivity index (χ3n) is 16.2. The van der Waals surface area contributed by atoms with Gasteiger partial charge in [0, 0.05) is 37.7 Å². The molecule has 0 amide bonds. The van der Waals surface area contributed by atoms with Gasteiger partial charge in [-0.1, -0.05) is 13.8 Å². The molecule has 0 aromatic carbocycles. The molecule has 8 aliphatic rings. The van der Waals surface area contributed by atoms with Gasteiger partial charge in [-0.15, -0.1) is 0 Å². The van der Waals surface area contributed by atoms with Gasteiger partial charge >= 0.3 is 11.9 Å². The number of carbonyl (C=O) groups is 2. The van der Waals surface area contributed by atoms with Crippen LogP contribution in [0.5, 0.6) is 0 Å². The molecule has 0 spiro atoms. The van der Waals surface area contributed by atoms with Crippen molar-refractivity contribution in [2.75, 3.05) is 6.61 Å². The topological polar surface area (TPSA) is 209 Å². The lowest BCUT2D eigenvalue weighted by molar-refractivity contribution is -0.336. The average molecular weight is 823 g/mol. The molecule has 4 aliphatic heterocycles. The van der Waals surface area contributed by atoms with Crippen LogP contribution in [0.1, 0.15) is 112 Å². The molecule has 4 saturated carbocycles. The number of hydrogen-bond acceptors (Lipinski definition) is 15. The second-order valence-electron chi connectivity index (χ2n) is 19.4. The van der Waals surface area contributed by atoms with E-state index in [-0.39, 0.29) is 67.1 Å². The second kappa shape index (κ2) is 16.2. The second-order valence-corrected chi connectivity index (χ2v) is 19.4. The molecule has 58 heavy (non-hydrogen) atoms. The zero-order chi connectivity index (χ0) is 41.5. The van der Waals surface area contributed by atoms with Gasteiger partial charge in [0.1, 0.15) is 31.0 Å². The van der Waals surface area contributed by atoms with Crippen LogP contribution >= 0.6 is 0 Å². The zero-order valence-corrected chi connectivity index (χ0v) is 34.8. The van der Waals surface area contributed by atoms with E-state index in [4.69, 9.17) is 37.9 Å². The standard InChI is InChI=1S/C43H66O15/c1-20-38(49)30(45)16-36(52-20)57-40-22(3)54-37(18-32(40)47)58-39-21(2)53-35(17-31(39)46)56-26-9-11-41(5)25(14-26)7-8-28-29(41)15-33(55-23(4)44)42(6)27(10-12-43(28,42)50)24-13-34(48)51-19-24/h13,20-22,25-33,35-40,45-47,49-50H,7-12,14-19H2,1-6H3/t20-,21?,22-,25-,26+,27-,28-,29+,30+,31+,32+,33-,35+,36+,37+,38-,39-,40-,41+,42+,43+/m1/s1. The van der Waals surface area contributed by atoms with Gasteiger partial charge in [-0.05, 0) is 107 Å². The van der Waals surface area contributed by atoms with Crippen molar-refractivity contribution >= 4 is 11.9 Å². The van der Waals surface area contributed by atoms with E-state index >= 15 is 0 Å². The normalized spacial score (nSPS) is 53.2. The minimum atomic E-state index is -1.05. The Morgan fingerprint density at radius 2 is 1.34 bits per heavy atom. The van der Waals surface area contributed by atoms with E-state index in [1.54, 1.807) is 19.9 Å². The molecule has 0 aromatic rings. The molecule has 0 aromatic heterocycles. The van der Waals surface area contributed by atoms with Crippen LogP contribution in [0.4, 0.5) is 0 Å². The molecule has 328 valence electrons. The number of aliphatic hydroxyl groups excluding tert-OH is 4. The number of carbonyl (C=O) groups excluding carboxylic acids is 2. The van der Waals surface area contributed by atoms with Crippen LogP contribution < -0.4 is 0 Å². The van der Waals surface area contributed by atoms with Gasteiger partial charge in [0.15, 0.2) is 18.9 Å². The van der Waals surface area contributed by atoms with Crippen LogP contribution in [-0.4, -0.2) is 136 Å². The lowest BCUT2D eigenvalue weighted by atomic mass is 9.42. The van der Waals surface area contributed by atoms with Crippen molar-refractivity contribution in [3.05, 3.63) is 11.6 Å². The number of ether oxygens (including phenoxy) is 8. The molecule has 0 radical (unpaired) electrons. The summed E-state index contributed by atoms with van der Waals surface area (Å²) in [7, 11) is 0. The predicted octanol–water partition coefficient (Wildman–Crippen LogP) is 2.79. The van der Waals surface area contributed by atoms with E-state index in [0.717, 1.165) is 37.7 Å². The average Bonchev–Trinajstić information content (AvgIpc) is 3.70. The maximum Gasteiger partial charge on any atom is 0.331 e. The Kier molecular flexibility index (Phi) is 12.0. The molecule has 1 unspecified atom stereocenters. The highest BCUT2D eigenvalue weighted by molar-refractivity contribution is 5.85. The number of rotatable bonds is 8. The van der Waals surface area contributed by atoms with Crippen molar-refractivity contribution in [3.63, 3.8) is 0 Å². The quantitative estimate of drug-likeness (QED) is 0.176. The Labute approximate surface area is 341 Å². The van der Waals surface area contributed by atoms with Crippen molar-refractivity contribution in [2.24, 2.45) is 34.5 Å². The van der Waals surface area contributed by atoms with Crippen LogP contribution in [0.25, 0.3) is 0 Å². The van der Waals surface area contributed by atoms with Gasteiger partial charge in [-0.25, -0.2) is 4.79 Å². The molecule has 7 fully saturated rings. The lowest BCUT2D eigenvalue weighted by Gasteiger charge is -2.65. The van der Waals surface area contributed by atoms with Crippen LogP contribution in [0.3, 0.4) is 0 Å². The van der Waals surface area contributed by atoms with E-state index in [1.165, 1.54) is 6.92 Å². The minimum Gasteiger partial charge on any atom is -0.462 e. The highest BCUT2D eigenvalue weighted by Gasteiger charge is 2.72. The Hall–Kier alpha value is -1.76. The molecule has 3 saturated heterocycles. The molecular weight excluding hydrogens is 756 g/mol. The summed E-state index contributed by atoms with van der Waals surface area (Å²) in [5, 5.41) is 55.4. The number of hydrogen-bond donors (Lipinski definition) is 5. The Morgan fingerprint density at radius 3 is 1.91 bits per heavy atom. The lowest BCUT2D eigenvalue weighted by Crippen LogP contribution is -2.67. The molecule has 4 aliphatic carbocycles. The van der Waals surface area contributed by atoms with Crippen LogP contribution in [0.2, 0.25) is 0 Å². The third kappa shape index (κ3) is 7.49. The van der Waals surface area contributed by atoms with Crippen LogP contribution in [0.15, 0.2) is 11.6 Å². The van der Waals surface area contributed by atoms with Gasteiger partial charge in [0.2, 0.25) is 0 Å². The van der Waals surface area contributed by atoms with Gasteiger partial charge in [0.05, 0.1) is 48.3 Å². The minimum absolute atomic E-state index is 0.0376. The molecule has 15 heteroatoms. The summed E-state index contributed by atoms with van der Waals surface area (Å²) < 4.78 is 48.4. The molecule has 8 rings (SSSR count). The summed E-state index contributed by atoms with van der Waals surface area (Å²) in [5.74, 6) is -0.318. The van der Waals surface area contributed by atoms with Crippen molar-refractivity contribution in [2.45, 2.75) is 204 Å². The van der Waals surface area contributed by atoms with Crippen LogP contribution in [0, 0.1) is 34.5 Å². The number of cyclic esters (lactones) is 1. The highest BCUT2D eigenvalue weighted by Crippen LogP contribution is 2.70. The van der Waals surface area contributed by atoms with Crippen molar-refractivity contribution in [3.8, 4) is 0 Å². The van der Waals surface area contributed by atoms with E-state index in [1.807, 2.05) is 6.92 Å². The first-order valence-corrected chi connectivity index (χ1v) is 21.8. The largest absolute Gasteiger partial charge is 0.462 e. The Balaban J connectivity index is 0.862. The molecule has 0 bridgehead atoms. The summed E-state index contributed by atoms with van der Waals surface area (Å²) in [4.78, 5) is 24.7. The van der Waals surface area contributed by atoms with Crippen molar-refractivity contribution < 1.29 is 73.0 Å². The fraction of sp³-hybridized carbons (Fsp3) is 0.907. The summed E-state index contributed by atoms with van der Waals surface area (Å²) >= 11 is 0. The van der Waals surface area contributed by atoms with E-state index in [0.29, 0.717) is 25.2 Å². The smallest absolute Gasteiger partial charge is 0.331 e. The fourth-order valence-corrected chi connectivity index (χ4v) is 13.1. The maximum atomic E-state index is 12.8. The number of esters is 2. The molecule has 21 atom stereocenters. The summed E-state index contributed by atoms with van der Waals surface area (Å²) in [6.07, 6.45) is -1.68. The summed E-state index contributed by atoms with van der Waals surface area (Å²) in [6, 6.07) is 0. The molecule has 15 nitrogen and oxygen atoms in total. The van der Waals surface area contributed by atoms with Crippen LogP contribution in [-0.2, 0) is 47.5 Å². The molecule has 4 heterocycles. The first kappa shape index (κ1) is 42.9. The van der Waals surface area contributed by atoms with Gasteiger partial charge < -0.3 is 63.4 Å². The van der Waals surface area contributed by atoms with Crippen molar-refractivity contribution in [1.29, 1.82) is 0 Å². The van der Waals surface area contributed by atoms with Gasteiger partial charge in [0.25, 0.3) is 0 Å². The number of fused-ring (bicyclic) bond motifs is 5. The SMILES string of the molecule is CC(=O)O[C@@H]1C[C@H]2[C@@H](CC[C@@H]3C[C@@H](O[C@H]4C[C@H](O)[C@H](O[C@H]5C[C@H](O)[C@H](O[C@H]6C[C@H](O)[C@H](O)[C@@H](C)O6)[C@@H](C)O5)C(C)O4)CC[C@@]32C)[C@@]2(O)CC[C@H](C3=CC(=O)OC3)[C@@]12C. The van der Waals surface area contributed by atoms with Gasteiger partial charge in [-0.3, -0.25) is 4.79 Å². The Bertz CT molecular complexity index is 1520. The van der Waals surface area contributed by atoms with E-state index in [2.05, 4.69) is 13.8 Å². The summed E-state index contributed by atoms with van der Waals surface area (Å²) in [5.41, 5.74) is -1.00.